The molecule has 0 heterocycles. The molecule has 200 valence electrons. The average Bonchev–Trinajstić information content (AvgIpc) is 2.78. The molecule has 0 saturated heterocycles. The SMILES string of the molecule is O=C(O)CCCCC(=O)OCCCCCC(=O)CC(=O)CCCCCOC(=O)CCCCC(=O)O. The van der Waals surface area contributed by atoms with E-state index in [0.717, 1.165) is 0 Å². The van der Waals surface area contributed by atoms with E-state index < -0.39 is 11.9 Å². The lowest BCUT2D eigenvalue weighted by molar-refractivity contribution is -0.145. The zero-order valence-electron chi connectivity index (χ0n) is 20.6. The van der Waals surface area contributed by atoms with Gasteiger partial charge >= 0.3 is 23.9 Å². The first-order valence-electron chi connectivity index (χ1n) is 12.5. The van der Waals surface area contributed by atoms with Crippen molar-refractivity contribution in [1.29, 1.82) is 0 Å². The summed E-state index contributed by atoms with van der Waals surface area (Å²) in [4.78, 5) is 67.6. The molecule has 0 aliphatic rings. The number of carbonyl (C=O) groups excluding carboxylic acids is 4. The van der Waals surface area contributed by atoms with Crippen LogP contribution in [0.2, 0.25) is 0 Å². The first-order chi connectivity index (χ1) is 16.7. The zero-order chi connectivity index (χ0) is 26.3. The van der Waals surface area contributed by atoms with E-state index in [1.165, 1.54) is 0 Å². The van der Waals surface area contributed by atoms with Crippen LogP contribution in [-0.2, 0) is 38.2 Å². The number of hydrogen-bond acceptors (Lipinski definition) is 8. The molecule has 0 saturated carbocycles. The Labute approximate surface area is 206 Å². The molecule has 2 N–H and O–H groups in total. The van der Waals surface area contributed by atoms with E-state index in [1.54, 1.807) is 0 Å². The molecule has 0 aliphatic carbocycles. The van der Waals surface area contributed by atoms with Crippen molar-refractivity contribution >= 4 is 35.4 Å². The van der Waals surface area contributed by atoms with Crippen molar-refractivity contribution < 1.29 is 48.5 Å². The molecular weight excluding hydrogens is 460 g/mol. The molecule has 0 aromatic heterocycles. The Balaban J connectivity index is 3.54. The molecule has 0 aromatic carbocycles. The first kappa shape index (κ1) is 32.2. The molecular formula is C25H40O10. The van der Waals surface area contributed by atoms with Gasteiger partial charge in [0.15, 0.2) is 0 Å². The van der Waals surface area contributed by atoms with Crippen LogP contribution in [-0.4, -0.2) is 58.9 Å². The fraction of sp³-hybridized carbons (Fsp3) is 0.760. The third-order valence-corrected chi connectivity index (χ3v) is 5.16. The Morgan fingerprint density at radius 1 is 0.429 bits per heavy atom. The molecule has 0 atom stereocenters. The van der Waals surface area contributed by atoms with Crippen LogP contribution in [0.4, 0.5) is 0 Å². The summed E-state index contributed by atoms with van der Waals surface area (Å²) in [6.07, 6.45) is 6.86. The molecule has 35 heavy (non-hydrogen) atoms. The second-order valence-electron chi connectivity index (χ2n) is 8.52. The predicted octanol–water partition coefficient (Wildman–Crippen LogP) is 4.01. The fourth-order valence-electron chi connectivity index (χ4n) is 3.21. The molecule has 0 amide bonds. The molecule has 0 unspecified atom stereocenters. The minimum atomic E-state index is -0.880. The number of esters is 2. The van der Waals surface area contributed by atoms with Crippen molar-refractivity contribution in [3.63, 3.8) is 0 Å². The number of carboxylic acid groups (broad SMARTS) is 2. The summed E-state index contributed by atoms with van der Waals surface area (Å²) in [5.74, 6) is -2.64. The topological polar surface area (TPSA) is 161 Å². The van der Waals surface area contributed by atoms with Gasteiger partial charge in [-0.2, -0.15) is 0 Å². The van der Waals surface area contributed by atoms with Gasteiger partial charge in [0.25, 0.3) is 0 Å². The number of hydrogen-bond donors (Lipinski definition) is 2. The molecule has 10 nitrogen and oxygen atoms in total. The predicted molar refractivity (Wildman–Crippen MR) is 126 cm³/mol. The van der Waals surface area contributed by atoms with E-state index in [0.29, 0.717) is 77.0 Å². The highest BCUT2D eigenvalue weighted by molar-refractivity contribution is 5.98. The van der Waals surface area contributed by atoms with Crippen LogP contribution >= 0.6 is 0 Å². The fourth-order valence-corrected chi connectivity index (χ4v) is 3.21. The van der Waals surface area contributed by atoms with Gasteiger partial charge in [0.2, 0.25) is 0 Å². The number of carbonyl (C=O) groups is 6. The minimum absolute atomic E-state index is 0.0425. The largest absolute Gasteiger partial charge is 0.481 e. The molecule has 0 bridgehead atoms. The number of Topliss-reactive ketones (excluding diaryl/α,β-unsaturated/α-hetero) is 2. The second kappa shape index (κ2) is 21.7. The summed E-state index contributed by atoms with van der Waals surface area (Å²) < 4.78 is 10.1. The van der Waals surface area contributed by atoms with E-state index in [9.17, 15) is 28.8 Å². The second-order valence-corrected chi connectivity index (χ2v) is 8.52. The lowest BCUT2D eigenvalue weighted by Crippen LogP contribution is -2.09. The zero-order valence-corrected chi connectivity index (χ0v) is 20.6. The van der Waals surface area contributed by atoms with Crippen molar-refractivity contribution in [3.05, 3.63) is 0 Å². The van der Waals surface area contributed by atoms with E-state index in [1.807, 2.05) is 0 Å². The highest BCUT2D eigenvalue weighted by atomic mass is 16.5. The molecule has 0 aromatic rings. The lowest BCUT2D eigenvalue weighted by atomic mass is 10.0. The quantitative estimate of drug-likeness (QED) is 0.112. The number of ether oxygens (including phenoxy) is 2. The van der Waals surface area contributed by atoms with Crippen LogP contribution < -0.4 is 0 Å². The maximum Gasteiger partial charge on any atom is 0.305 e. The molecule has 0 aliphatic heterocycles. The van der Waals surface area contributed by atoms with Crippen molar-refractivity contribution in [3.8, 4) is 0 Å². The van der Waals surface area contributed by atoms with Gasteiger partial charge in [-0.25, -0.2) is 0 Å². The summed E-state index contributed by atoms with van der Waals surface area (Å²) in [7, 11) is 0. The summed E-state index contributed by atoms with van der Waals surface area (Å²) in [6, 6.07) is 0. The number of carboxylic acids is 2. The van der Waals surface area contributed by atoms with Crippen molar-refractivity contribution in [2.75, 3.05) is 13.2 Å². The maximum absolute atomic E-state index is 11.9. The van der Waals surface area contributed by atoms with Gasteiger partial charge in [-0.3, -0.25) is 28.8 Å². The van der Waals surface area contributed by atoms with Crippen molar-refractivity contribution in [2.24, 2.45) is 0 Å². The van der Waals surface area contributed by atoms with Crippen LogP contribution in [0.15, 0.2) is 0 Å². The van der Waals surface area contributed by atoms with Gasteiger partial charge < -0.3 is 19.7 Å². The van der Waals surface area contributed by atoms with Gasteiger partial charge in [0, 0.05) is 38.5 Å². The van der Waals surface area contributed by atoms with Crippen LogP contribution in [0.3, 0.4) is 0 Å². The van der Waals surface area contributed by atoms with Gasteiger partial charge in [0.1, 0.15) is 11.6 Å². The highest BCUT2D eigenvalue weighted by Crippen LogP contribution is 2.09. The summed E-state index contributed by atoms with van der Waals surface area (Å²) in [5, 5.41) is 17.0. The Kier molecular flexibility index (Phi) is 20.0. The van der Waals surface area contributed by atoms with Crippen LogP contribution in [0.1, 0.15) is 109 Å². The van der Waals surface area contributed by atoms with Crippen molar-refractivity contribution in [2.45, 2.75) is 109 Å². The smallest absolute Gasteiger partial charge is 0.305 e. The monoisotopic (exact) mass is 500 g/mol. The van der Waals surface area contributed by atoms with E-state index in [4.69, 9.17) is 19.7 Å². The number of ketones is 2. The average molecular weight is 501 g/mol. The molecule has 0 fully saturated rings. The number of unbranched alkanes of at least 4 members (excludes halogenated alkanes) is 6. The molecule has 0 spiro atoms. The lowest BCUT2D eigenvalue weighted by Gasteiger charge is -2.05. The Morgan fingerprint density at radius 2 is 0.771 bits per heavy atom. The van der Waals surface area contributed by atoms with Crippen LogP contribution in [0.25, 0.3) is 0 Å². The van der Waals surface area contributed by atoms with Gasteiger partial charge in [-0.1, -0.05) is 0 Å². The van der Waals surface area contributed by atoms with Gasteiger partial charge in [0.05, 0.1) is 19.6 Å². The summed E-state index contributed by atoms with van der Waals surface area (Å²) in [5.41, 5.74) is 0. The molecule has 0 rings (SSSR count). The highest BCUT2D eigenvalue weighted by Gasteiger charge is 2.10. The van der Waals surface area contributed by atoms with Crippen LogP contribution in [0.5, 0.6) is 0 Å². The van der Waals surface area contributed by atoms with E-state index in [-0.39, 0.29) is 68.8 Å². The first-order valence-corrected chi connectivity index (χ1v) is 12.5. The third-order valence-electron chi connectivity index (χ3n) is 5.16. The number of aliphatic carboxylic acids is 2. The normalized spacial score (nSPS) is 10.5. The summed E-state index contributed by atoms with van der Waals surface area (Å²) >= 11 is 0. The molecule has 10 heteroatoms. The van der Waals surface area contributed by atoms with Crippen molar-refractivity contribution in [1.82, 2.24) is 0 Å². The number of rotatable bonds is 24. The Hall–Kier alpha value is -2.78. The van der Waals surface area contributed by atoms with Gasteiger partial charge in [-0.15, -0.1) is 0 Å². The maximum atomic E-state index is 11.9. The van der Waals surface area contributed by atoms with Crippen LogP contribution in [0, 0.1) is 0 Å². The summed E-state index contributed by atoms with van der Waals surface area (Å²) in [6.45, 7) is 0.538. The Bertz CT molecular complexity index is 615. The van der Waals surface area contributed by atoms with E-state index in [2.05, 4.69) is 0 Å². The van der Waals surface area contributed by atoms with E-state index >= 15 is 0 Å². The minimum Gasteiger partial charge on any atom is -0.481 e. The Morgan fingerprint density at radius 3 is 1.14 bits per heavy atom. The van der Waals surface area contributed by atoms with Gasteiger partial charge in [-0.05, 0) is 64.2 Å². The standard InChI is InChI=1S/C25H40O10/c26-20(11-3-1-9-17-34-24(32)15-7-5-13-22(28)29)19-21(27)12-4-2-10-18-35-25(33)16-8-6-14-23(30)31/h1-19H2,(H,28,29)(H,30,31). The third kappa shape index (κ3) is 24.2. The molecule has 0 radical (unpaired) electrons.